The zero-order valence-corrected chi connectivity index (χ0v) is 13.4. The molecule has 3 nitrogen and oxygen atoms in total. The third-order valence-electron chi connectivity index (χ3n) is 5.14. The van der Waals surface area contributed by atoms with Crippen molar-refractivity contribution >= 4 is 9.84 Å². The number of nitrogens with one attached hydrogen (secondary N) is 1. The highest BCUT2D eigenvalue weighted by Crippen LogP contribution is 2.40. The van der Waals surface area contributed by atoms with Crippen molar-refractivity contribution in [2.45, 2.75) is 81.8 Å². The van der Waals surface area contributed by atoms with E-state index in [1.54, 1.807) is 0 Å². The van der Waals surface area contributed by atoms with Gasteiger partial charge in [0.2, 0.25) is 0 Å². The largest absolute Gasteiger partial charge is 0.316 e. The fourth-order valence-electron chi connectivity index (χ4n) is 3.84. The van der Waals surface area contributed by atoms with Crippen molar-refractivity contribution < 1.29 is 8.42 Å². The minimum absolute atomic E-state index is 0.0731. The van der Waals surface area contributed by atoms with Crippen molar-refractivity contribution in [3.05, 3.63) is 0 Å². The Hall–Kier alpha value is -0.0900. The fraction of sp³-hybridized carbons (Fsp3) is 1.00. The SMILES string of the molecule is CNC1CCC(C)(C)CC1S(=O)(=O)C1CCCCC1. The van der Waals surface area contributed by atoms with E-state index in [1.165, 1.54) is 6.42 Å². The molecule has 2 aliphatic carbocycles. The lowest BCUT2D eigenvalue weighted by atomic mass is 9.75. The van der Waals surface area contributed by atoms with Crippen LogP contribution in [0, 0.1) is 5.41 Å². The van der Waals surface area contributed by atoms with Crippen LogP contribution < -0.4 is 5.32 Å². The van der Waals surface area contributed by atoms with E-state index >= 15 is 0 Å². The maximum absolute atomic E-state index is 13.0. The molecule has 2 saturated carbocycles. The summed E-state index contributed by atoms with van der Waals surface area (Å²) in [7, 11) is -1.07. The quantitative estimate of drug-likeness (QED) is 0.868. The average molecular weight is 287 g/mol. The highest BCUT2D eigenvalue weighted by atomic mass is 32.2. The zero-order valence-electron chi connectivity index (χ0n) is 12.6. The minimum Gasteiger partial charge on any atom is -0.316 e. The Morgan fingerprint density at radius 2 is 1.68 bits per heavy atom. The van der Waals surface area contributed by atoms with E-state index in [1.807, 2.05) is 7.05 Å². The van der Waals surface area contributed by atoms with Crippen LogP contribution in [0.1, 0.15) is 65.2 Å². The fourth-order valence-corrected chi connectivity index (χ4v) is 6.74. The normalized spacial score (nSPS) is 33.2. The molecule has 0 amide bonds. The van der Waals surface area contributed by atoms with Gasteiger partial charge in [-0.15, -0.1) is 0 Å². The van der Waals surface area contributed by atoms with Crippen LogP contribution in [0.2, 0.25) is 0 Å². The van der Waals surface area contributed by atoms with E-state index in [0.717, 1.165) is 44.9 Å². The van der Waals surface area contributed by atoms with Crippen molar-refractivity contribution in [3.8, 4) is 0 Å². The van der Waals surface area contributed by atoms with Crippen LogP contribution in [0.3, 0.4) is 0 Å². The molecule has 1 N–H and O–H groups in total. The van der Waals surface area contributed by atoms with Gasteiger partial charge in [-0.1, -0.05) is 33.1 Å². The molecule has 0 heterocycles. The van der Waals surface area contributed by atoms with Crippen molar-refractivity contribution in [3.63, 3.8) is 0 Å². The number of sulfone groups is 1. The Balaban J connectivity index is 2.19. The Morgan fingerprint density at radius 3 is 2.26 bits per heavy atom. The van der Waals surface area contributed by atoms with E-state index in [-0.39, 0.29) is 22.0 Å². The maximum atomic E-state index is 13.0. The predicted octanol–water partition coefficient (Wildman–Crippen LogP) is 2.90. The van der Waals surface area contributed by atoms with Crippen LogP contribution in [-0.2, 0) is 9.84 Å². The van der Waals surface area contributed by atoms with Crippen molar-refractivity contribution in [2.24, 2.45) is 5.41 Å². The van der Waals surface area contributed by atoms with Crippen LogP contribution >= 0.6 is 0 Å². The summed E-state index contributed by atoms with van der Waals surface area (Å²) < 4.78 is 25.9. The molecule has 19 heavy (non-hydrogen) atoms. The molecule has 0 aromatic rings. The molecule has 112 valence electrons. The molecule has 0 aromatic carbocycles. The van der Waals surface area contributed by atoms with Crippen LogP contribution in [0.25, 0.3) is 0 Å². The highest BCUT2D eigenvalue weighted by molar-refractivity contribution is 7.92. The maximum Gasteiger partial charge on any atom is 0.157 e. The Kier molecular flexibility index (Phi) is 4.61. The molecule has 0 aliphatic heterocycles. The monoisotopic (exact) mass is 287 g/mol. The van der Waals surface area contributed by atoms with Crippen LogP contribution in [0.15, 0.2) is 0 Å². The molecule has 2 aliphatic rings. The van der Waals surface area contributed by atoms with Gasteiger partial charge in [0.15, 0.2) is 9.84 Å². The second kappa shape index (κ2) is 5.72. The molecule has 2 atom stereocenters. The second-order valence-corrected chi connectivity index (χ2v) is 9.64. The lowest BCUT2D eigenvalue weighted by Gasteiger charge is -2.42. The summed E-state index contributed by atoms with van der Waals surface area (Å²) in [6.45, 7) is 4.42. The topological polar surface area (TPSA) is 46.2 Å². The first-order chi connectivity index (χ1) is 8.87. The van der Waals surface area contributed by atoms with Gasteiger partial charge in [-0.25, -0.2) is 8.42 Å². The Labute approximate surface area is 118 Å². The summed E-state index contributed by atoms with van der Waals surface area (Å²) in [5, 5.41) is 3.01. The van der Waals surface area contributed by atoms with Gasteiger partial charge in [0.05, 0.1) is 10.5 Å². The summed E-state index contributed by atoms with van der Waals surface area (Å²) in [6, 6.07) is 0.153. The van der Waals surface area contributed by atoms with Gasteiger partial charge in [0, 0.05) is 6.04 Å². The molecule has 2 unspecified atom stereocenters. The third kappa shape index (κ3) is 3.33. The Morgan fingerprint density at radius 1 is 1.05 bits per heavy atom. The van der Waals surface area contributed by atoms with Crippen LogP contribution in [0.5, 0.6) is 0 Å². The summed E-state index contributed by atoms with van der Waals surface area (Å²) in [5.74, 6) is 0. The van der Waals surface area contributed by atoms with Crippen molar-refractivity contribution in [1.29, 1.82) is 0 Å². The van der Waals surface area contributed by atoms with Gasteiger partial charge >= 0.3 is 0 Å². The van der Waals surface area contributed by atoms with Gasteiger partial charge in [-0.3, -0.25) is 0 Å². The van der Waals surface area contributed by atoms with E-state index in [4.69, 9.17) is 0 Å². The van der Waals surface area contributed by atoms with Gasteiger partial charge < -0.3 is 5.32 Å². The molecule has 0 saturated heterocycles. The Bertz CT molecular complexity index is 396. The third-order valence-corrected chi connectivity index (χ3v) is 7.88. The molecular weight excluding hydrogens is 258 g/mol. The van der Waals surface area contributed by atoms with Gasteiger partial charge in [0.25, 0.3) is 0 Å². The molecule has 0 aromatic heterocycles. The number of rotatable bonds is 3. The van der Waals surface area contributed by atoms with E-state index in [0.29, 0.717) is 0 Å². The summed E-state index contributed by atoms with van der Waals surface area (Å²) in [4.78, 5) is 0. The molecular formula is C15H29NO2S. The van der Waals surface area contributed by atoms with Gasteiger partial charge in [-0.2, -0.15) is 0 Å². The lowest BCUT2D eigenvalue weighted by Crippen LogP contribution is -2.51. The molecule has 0 radical (unpaired) electrons. The molecule has 0 bridgehead atoms. The number of hydrogen-bond acceptors (Lipinski definition) is 3. The van der Waals surface area contributed by atoms with Crippen LogP contribution in [-0.4, -0.2) is 32.0 Å². The predicted molar refractivity (Wildman–Crippen MR) is 80.1 cm³/mol. The molecule has 2 rings (SSSR count). The van der Waals surface area contributed by atoms with Crippen molar-refractivity contribution in [2.75, 3.05) is 7.05 Å². The van der Waals surface area contributed by atoms with E-state index < -0.39 is 9.84 Å². The number of hydrogen-bond donors (Lipinski definition) is 1. The minimum atomic E-state index is -2.98. The molecule has 0 spiro atoms. The van der Waals surface area contributed by atoms with Gasteiger partial charge in [0.1, 0.15) is 0 Å². The zero-order chi connectivity index (χ0) is 14.1. The van der Waals surface area contributed by atoms with E-state index in [2.05, 4.69) is 19.2 Å². The first kappa shape index (κ1) is 15.3. The average Bonchev–Trinajstić information content (AvgIpc) is 2.39. The van der Waals surface area contributed by atoms with Gasteiger partial charge in [-0.05, 0) is 44.6 Å². The second-order valence-electron chi connectivity index (χ2n) is 7.19. The van der Waals surface area contributed by atoms with Crippen molar-refractivity contribution in [1.82, 2.24) is 5.32 Å². The summed E-state index contributed by atoms with van der Waals surface area (Å²) in [6.07, 6.45) is 8.07. The molecule has 4 heteroatoms. The lowest BCUT2D eigenvalue weighted by molar-refractivity contribution is 0.212. The first-order valence-electron chi connectivity index (χ1n) is 7.77. The smallest absolute Gasteiger partial charge is 0.157 e. The highest BCUT2D eigenvalue weighted by Gasteiger charge is 2.44. The standard InChI is InChI=1S/C15H29NO2S/c1-15(2)10-9-13(16-3)14(11-15)19(17,18)12-7-5-4-6-8-12/h12-14,16H,4-11H2,1-3H3. The molecule has 2 fully saturated rings. The van der Waals surface area contributed by atoms with Crippen LogP contribution in [0.4, 0.5) is 0 Å². The summed E-state index contributed by atoms with van der Waals surface area (Å²) in [5.41, 5.74) is 0.166. The first-order valence-corrected chi connectivity index (χ1v) is 9.38. The summed E-state index contributed by atoms with van der Waals surface area (Å²) >= 11 is 0. The van der Waals surface area contributed by atoms with E-state index in [9.17, 15) is 8.42 Å².